The third kappa shape index (κ3) is 8.34. The predicted octanol–water partition coefficient (Wildman–Crippen LogP) is 2.55. The van der Waals surface area contributed by atoms with E-state index in [1.54, 1.807) is 4.90 Å². The number of nitrogens with zero attached hydrogens (tertiary/aromatic N) is 3. The van der Waals surface area contributed by atoms with Gasteiger partial charge in [-0.2, -0.15) is 0 Å². The fourth-order valence-electron chi connectivity index (χ4n) is 8.02. The summed E-state index contributed by atoms with van der Waals surface area (Å²) >= 11 is 0. The Morgan fingerprint density at radius 2 is 1.66 bits per heavy atom. The minimum absolute atomic E-state index is 0.0743. The van der Waals surface area contributed by atoms with Crippen LogP contribution in [0.2, 0.25) is 0 Å². The van der Waals surface area contributed by atoms with Crippen molar-refractivity contribution in [1.82, 2.24) is 36.1 Å². The molecule has 3 aliphatic carbocycles. The maximum absolute atomic E-state index is 14.6. The van der Waals surface area contributed by atoms with Crippen molar-refractivity contribution in [2.75, 3.05) is 13.1 Å². The highest BCUT2D eigenvalue weighted by Gasteiger charge is 2.70. The second kappa shape index (κ2) is 15.1. The molecule has 5 amide bonds. The highest BCUT2D eigenvalue weighted by atomic mass is 16.2. The van der Waals surface area contributed by atoms with Crippen molar-refractivity contribution in [3.05, 3.63) is 24.3 Å². The third-order valence-electron chi connectivity index (χ3n) is 11.3. The largest absolute Gasteiger partial charge is 0.349 e. The van der Waals surface area contributed by atoms with Crippen LogP contribution < -0.4 is 21.3 Å². The number of aromatic nitrogens is 2. The molecule has 1 saturated heterocycles. The molecule has 2 heterocycles. The van der Waals surface area contributed by atoms with Crippen LogP contribution in [-0.2, 0) is 24.0 Å². The van der Waals surface area contributed by atoms with Crippen molar-refractivity contribution in [1.29, 1.82) is 0 Å². The Bertz CT molecular complexity index is 1450. The van der Waals surface area contributed by atoms with Crippen LogP contribution in [0.1, 0.15) is 110 Å². The van der Waals surface area contributed by atoms with Crippen LogP contribution >= 0.6 is 0 Å². The fourth-order valence-corrected chi connectivity index (χ4v) is 8.02. The molecule has 13 nitrogen and oxygen atoms in total. The van der Waals surface area contributed by atoms with Gasteiger partial charge in [0.2, 0.25) is 23.5 Å². The summed E-state index contributed by atoms with van der Waals surface area (Å²) in [5.74, 6) is -3.09. The average Bonchev–Trinajstić information content (AvgIpc) is 3.95. The first kappa shape index (κ1) is 37.4. The number of amides is 5. The highest BCUT2D eigenvalue weighted by molar-refractivity contribution is 6.38. The number of hydrogen-bond donors (Lipinski definition) is 4. The summed E-state index contributed by atoms with van der Waals surface area (Å²) in [5, 5.41) is 11.4. The first-order valence-electron chi connectivity index (χ1n) is 18.4. The zero-order valence-electron chi connectivity index (χ0n) is 30.4. The van der Waals surface area contributed by atoms with E-state index in [-0.39, 0.29) is 40.7 Å². The maximum Gasteiger partial charge on any atom is 0.289 e. The second-order valence-electron chi connectivity index (χ2n) is 16.5. The van der Waals surface area contributed by atoms with Crippen LogP contribution in [-0.4, -0.2) is 87.4 Å². The number of ketones is 1. The Hall–Kier alpha value is -3.90. The van der Waals surface area contributed by atoms with Crippen LogP contribution in [0.15, 0.2) is 18.6 Å². The molecule has 0 aromatic carbocycles. The molecule has 5 rings (SSSR count). The minimum atomic E-state index is -1.01. The first-order chi connectivity index (χ1) is 23.6. The number of hydrogen-bond acceptors (Lipinski definition) is 8. The van der Waals surface area contributed by atoms with E-state index >= 15 is 0 Å². The lowest BCUT2D eigenvalue weighted by Crippen LogP contribution is -2.63. The zero-order chi connectivity index (χ0) is 36.4. The molecular weight excluding hydrogens is 638 g/mol. The van der Waals surface area contributed by atoms with Gasteiger partial charge in [0.1, 0.15) is 23.8 Å². The van der Waals surface area contributed by atoms with E-state index in [1.807, 2.05) is 27.7 Å². The van der Waals surface area contributed by atoms with Gasteiger partial charge < -0.3 is 26.2 Å². The van der Waals surface area contributed by atoms with Gasteiger partial charge in [-0.05, 0) is 60.2 Å². The minimum Gasteiger partial charge on any atom is -0.349 e. The van der Waals surface area contributed by atoms with Crippen molar-refractivity contribution in [3.8, 4) is 0 Å². The molecule has 4 fully saturated rings. The van der Waals surface area contributed by atoms with Crippen LogP contribution in [0.5, 0.6) is 0 Å². The molecular formula is C37H55N7O6. The van der Waals surface area contributed by atoms with Crippen LogP contribution in [0.25, 0.3) is 0 Å². The van der Waals surface area contributed by atoms with Gasteiger partial charge in [-0.15, -0.1) is 0 Å². The molecule has 4 N–H and O–H groups in total. The molecule has 50 heavy (non-hydrogen) atoms. The lowest BCUT2D eigenvalue weighted by molar-refractivity contribution is -0.147. The van der Waals surface area contributed by atoms with Gasteiger partial charge in [-0.3, -0.25) is 33.8 Å². The molecule has 274 valence electrons. The summed E-state index contributed by atoms with van der Waals surface area (Å²) in [6, 6.07) is -3.73. The Morgan fingerprint density at radius 3 is 2.26 bits per heavy atom. The van der Waals surface area contributed by atoms with Crippen LogP contribution in [0.3, 0.4) is 0 Å². The lowest BCUT2D eigenvalue weighted by atomic mass is 9.82. The number of rotatable bonds is 14. The van der Waals surface area contributed by atoms with Crippen molar-refractivity contribution in [2.45, 2.75) is 123 Å². The number of carbonyl (C=O) groups is 6. The summed E-state index contributed by atoms with van der Waals surface area (Å²) in [4.78, 5) is 91.6. The molecule has 0 bridgehead atoms. The Morgan fingerprint density at radius 1 is 0.960 bits per heavy atom. The standard InChI is InChI=1S/C37H55N7O6/c1-7-15-40-34(49)29(45)24(18-21-13-14-21)41-33(48)28-26-23(37(26,5)6)20-44(28)35(50)30(36(2,3)4)43-32(47)27(22-11-9-8-10-12-22)42-31(46)25-19-38-16-17-39-25/h16-17,19,21-24,26-28,30H,7-15,18,20H2,1-6H3,(H,40,49)(H,41,48)(H,42,46)(H,43,47). The van der Waals surface area contributed by atoms with Gasteiger partial charge in [0, 0.05) is 25.5 Å². The molecule has 1 aromatic rings. The topological polar surface area (TPSA) is 180 Å². The molecule has 0 radical (unpaired) electrons. The number of piperidine rings is 1. The molecule has 4 aliphatic rings. The third-order valence-corrected chi connectivity index (χ3v) is 11.3. The summed E-state index contributed by atoms with van der Waals surface area (Å²) in [6.07, 6.45) is 11.6. The molecule has 6 unspecified atom stereocenters. The van der Waals surface area contributed by atoms with E-state index < -0.39 is 59.0 Å². The van der Waals surface area contributed by atoms with Crippen LogP contribution in [0.4, 0.5) is 0 Å². The number of Topliss-reactive ketones (excluding diaryl/α,β-unsaturated/α-hetero) is 1. The van der Waals surface area contributed by atoms with E-state index in [9.17, 15) is 28.8 Å². The Balaban J connectivity index is 1.36. The monoisotopic (exact) mass is 693 g/mol. The summed E-state index contributed by atoms with van der Waals surface area (Å²) in [5.41, 5.74) is -0.840. The van der Waals surface area contributed by atoms with Crippen molar-refractivity contribution < 1.29 is 28.8 Å². The van der Waals surface area contributed by atoms with Crippen molar-refractivity contribution in [3.63, 3.8) is 0 Å². The predicted molar refractivity (Wildman–Crippen MR) is 185 cm³/mol. The van der Waals surface area contributed by atoms with Crippen LogP contribution in [0, 0.1) is 34.5 Å². The van der Waals surface area contributed by atoms with E-state index in [2.05, 4.69) is 45.1 Å². The number of carbonyl (C=O) groups excluding carboxylic acids is 6. The van der Waals surface area contributed by atoms with E-state index in [1.165, 1.54) is 18.6 Å². The summed E-state index contributed by atoms with van der Waals surface area (Å²) in [7, 11) is 0. The highest BCUT2D eigenvalue weighted by Crippen LogP contribution is 2.65. The number of nitrogens with one attached hydrogen (secondary N) is 4. The van der Waals surface area contributed by atoms with E-state index in [0.29, 0.717) is 25.9 Å². The molecule has 0 spiro atoms. The van der Waals surface area contributed by atoms with Crippen molar-refractivity contribution >= 4 is 35.3 Å². The maximum atomic E-state index is 14.6. The second-order valence-corrected chi connectivity index (χ2v) is 16.5. The van der Waals surface area contributed by atoms with E-state index in [4.69, 9.17) is 0 Å². The Kier molecular flexibility index (Phi) is 11.3. The zero-order valence-corrected chi connectivity index (χ0v) is 30.4. The Labute approximate surface area is 295 Å². The normalized spacial score (nSPS) is 24.6. The number of fused-ring (bicyclic) bond motifs is 1. The lowest BCUT2D eigenvalue weighted by Gasteiger charge is -2.39. The number of likely N-dealkylation sites (tertiary alicyclic amines) is 1. The van der Waals surface area contributed by atoms with E-state index in [0.717, 1.165) is 44.9 Å². The van der Waals surface area contributed by atoms with Gasteiger partial charge in [0.15, 0.2) is 0 Å². The fraction of sp³-hybridized carbons (Fsp3) is 0.730. The average molecular weight is 694 g/mol. The van der Waals surface area contributed by atoms with Gasteiger partial charge >= 0.3 is 0 Å². The quantitative estimate of drug-likeness (QED) is 0.215. The molecule has 6 atom stereocenters. The SMILES string of the molecule is CCCNC(=O)C(=O)C(CC1CC1)NC(=O)C1C2C(CN1C(=O)C(NC(=O)C(NC(=O)c1cnccn1)C1CCCCC1)C(C)(C)C)C2(C)C. The smallest absolute Gasteiger partial charge is 0.289 e. The van der Waals surface area contributed by atoms with Gasteiger partial charge in [0.05, 0.1) is 12.2 Å². The van der Waals surface area contributed by atoms with Gasteiger partial charge in [0.25, 0.3) is 11.8 Å². The first-order valence-corrected chi connectivity index (χ1v) is 18.4. The summed E-state index contributed by atoms with van der Waals surface area (Å²) in [6.45, 7) is 12.3. The van der Waals surface area contributed by atoms with Crippen molar-refractivity contribution in [2.24, 2.45) is 34.5 Å². The molecule has 3 saturated carbocycles. The van der Waals surface area contributed by atoms with Gasteiger partial charge in [-0.25, -0.2) is 4.98 Å². The summed E-state index contributed by atoms with van der Waals surface area (Å²) < 4.78 is 0. The molecule has 13 heteroatoms. The molecule has 1 aliphatic heterocycles. The van der Waals surface area contributed by atoms with Gasteiger partial charge in [-0.1, -0.05) is 73.6 Å². The molecule has 1 aromatic heterocycles.